The maximum atomic E-state index is 13.1. The minimum atomic E-state index is -0.730. The van der Waals surface area contributed by atoms with Gasteiger partial charge in [0.25, 0.3) is 0 Å². The number of anilines is 2. The van der Waals surface area contributed by atoms with Crippen LogP contribution in [0.2, 0.25) is 0 Å². The van der Waals surface area contributed by atoms with Crippen LogP contribution in [-0.4, -0.2) is 24.2 Å². The fraction of sp³-hybridized carbons (Fsp3) is 0.500. The number of halogens is 1. The fourth-order valence-electron chi connectivity index (χ4n) is 1.74. The Morgan fingerprint density at radius 1 is 1.57 bits per heavy atom. The molecule has 0 bridgehead atoms. The van der Waals surface area contributed by atoms with Crippen LogP contribution in [0, 0.1) is 0 Å². The molecule has 1 aromatic rings. The first-order valence-electron chi connectivity index (χ1n) is 4.86. The Balaban J connectivity index is 2.14. The smallest absolute Gasteiger partial charge is 0.130 e. The maximum Gasteiger partial charge on any atom is 0.130 e. The average Bonchev–Trinajstić information content (AvgIpc) is 2.18. The standard InChI is InChI=1S/C10H14FN3/c11-8-2-1-5-14(7-8)10-6-9(12)3-4-13-10/h3-4,6,8H,1-2,5,7H2,(H2,12,13). The van der Waals surface area contributed by atoms with Crippen molar-refractivity contribution in [3.05, 3.63) is 18.3 Å². The van der Waals surface area contributed by atoms with Crippen molar-refractivity contribution in [2.45, 2.75) is 19.0 Å². The van der Waals surface area contributed by atoms with E-state index in [-0.39, 0.29) is 0 Å². The zero-order valence-corrected chi connectivity index (χ0v) is 7.99. The van der Waals surface area contributed by atoms with Gasteiger partial charge in [-0.3, -0.25) is 0 Å². The van der Waals surface area contributed by atoms with Gasteiger partial charge in [-0.05, 0) is 18.9 Å². The first-order chi connectivity index (χ1) is 6.75. The van der Waals surface area contributed by atoms with E-state index >= 15 is 0 Å². The van der Waals surface area contributed by atoms with Crippen molar-refractivity contribution in [3.63, 3.8) is 0 Å². The molecule has 0 amide bonds. The van der Waals surface area contributed by atoms with Crippen LogP contribution in [0.1, 0.15) is 12.8 Å². The minimum absolute atomic E-state index is 0.441. The molecule has 1 aliphatic heterocycles. The molecule has 1 aliphatic rings. The van der Waals surface area contributed by atoms with Gasteiger partial charge < -0.3 is 10.6 Å². The molecule has 1 fully saturated rings. The normalized spacial score (nSPS) is 22.4. The Labute approximate surface area is 82.7 Å². The van der Waals surface area contributed by atoms with Crippen LogP contribution in [-0.2, 0) is 0 Å². The quantitative estimate of drug-likeness (QED) is 0.740. The van der Waals surface area contributed by atoms with Gasteiger partial charge in [0.05, 0.1) is 6.54 Å². The summed E-state index contributed by atoms with van der Waals surface area (Å²) in [4.78, 5) is 6.13. The summed E-state index contributed by atoms with van der Waals surface area (Å²) >= 11 is 0. The molecule has 4 heteroatoms. The second-order valence-corrected chi connectivity index (χ2v) is 3.63. The van der Waals surface area contributed by atoms with Gasteiger partial charge in [0.2, 0.25) is 0 Å². The largest absolute Gasteiger partial charge is 0.399 e. The lowest BCUT2D eigenvalue weighted by molar-refractivity contribution is 0.286. The highest BCUT2D eigenvalue weighted by atomic mass is 19.1. The molecule has 14 heavy (non-hydrogen) atoms. The number of nitrogens with zero attached hydrogens (tertiary/aromatic N) is 2. The summed E-state index contributed by atoms with van der Waals surface area (Å²) in [6.07, 6.45) is 2.48. The van der Waals surface area contributed by atoms with Gasteiger partial charge in [-0.1, -0.05) is 0 Å². The van der Waals surface area contributed by atoms with Gasteiger partial charge in [-0.25, -0.2) is 9.37 Å². The predicted molar refractivity (Wildman–Crippen MR) is 55.0 cm³/mol. The molecule has 2 rings (SSSR count). The summed E-state index contributed by atoms with van der Waals surface area (Å²) in [5.74, 6) is 0.785. The van der Waals surface area contributed by atoms with Crippen LogP contribution in [0.15, 0.2) is 18.3 Å². The second-order valence-electron chi connectivity index (χ2n) is 3.63. The van der Waals surface area contributed by atoms with Crippen molar-refractivity contribution in [1.29, 1.82) is 0 Å². The van der Waals surface area contributed by atoms with Crippen LogP contribution in [0.3, 0.4) is 0 Å². The van der Waals surface area contributed by atoms with Gasteiger partial charge >= 0.3 is 0 Å². The van der Waals surface area contributed by atoms with Gasteiger partial charge in [0, 0.05) is 24.5 Å². The summed E-state index contributed by atoms with van der Waals surface area (Å²) in [6, 6.07) is 3.53. The van der Waals surface area contributed by atoms with Gasteiger partial charge in [0.15, 0.2) is 0 Å². The molecule has 1 aromatic heterocycles. The predicted octanol–water partition coefficient (Wildman–Crippen LogP) is 1.60. The first-order valence-corrected chi connectivity index (χ1v) is 4.86. The minimum Gasteiger partial charge on any atom is -0.399 e. The van der Waals surface area contributed by atoms with E-state index in [1.165, 1.54) is 0 Å². The lowest BCUT2D eigenvalue weighted by Crippen LogP contribution is -2.36. The molecule has 1 atom stereocenters. The van der Waals surface area contributed by atoms with E-state index in [0.29, 0.717) is 18.7 Å². The zero-order valence-electron chi connectivity index (χ0n) is 7.99. The van der Waals surface area contributed by atoms with E-state index in [1.54, 1.807) is 18.3 Å². The summed E-state index contributed by atoms with van der Waals surface area (Å²) in [7, 11) is 0. The van der Waals surface area contributed by atoms with Gasteiger partial charge in [0.1, 0.15) is 12.0 Å². The summed E-state index contributed by atoms with van der Waals surface area (Å²) in [6.45, 7) is 1.31. The summed E-state index contributed by atoms with van der Waals surface area (Å²) in [5.41, 5.74) is 6.32. The third kappa shape index (κ3) is 1.95. The molecule has 1 unspecified atom stereocenters. The second kappa shape index (κ2) is 3.82. The van der Waals surface area contributed by atoms with E-state index in [0.717, 1.165) is 18.8 Å². The van der Waals surface area contributed by atoms with E-state index in [9.17, 15) is 4.39 Å². The number of nitrogens with two attached hydrogens (primary N) is 1. The van der Waals surface area contributed by atoms with Crippen molar-refractivity contribution in [1.82, 2.24) is 4.98 Å². The molecule has 2 N–H and O–H groups in total. The fourth-order valence-corrected chi connectivity index (χ4v) is 1.74. The van der Waals surface area contributed by atoms with E-state index in [1.807, 2.05) is 4.90 Å². The zero-order chi connectivity index (χ0) is 9.97. The third-order valence-corrected chi connectivity index (χ3v) is 2.46. The molecule has 3 nitrogen and oxygen atoms in total. The molecule has 0 radical (unpaired) electrons. The number of hydrogen-bond donors (Lipinski definition) is 1. The summed E-state index contributed by atoms with van der Waals surface area (Å²) in [5, 5.41) is 0. The van der Waals surface area contributed by atoms with Crippen molar-refractivity contribution in [3.8, 4) is 0 Å². The molecule has 76 valence electrons. The Morgan fingerprint density at radius 2 is 2.43 bits per heavy atom. The number of piperidine rings is 1. The molecular weight excluding hydrogens is 181 g/mol. The number of nitrogen functional groups attached to an aromatic ring is 1. The Bertz CT molecular complexity index is 316. The SMILES string of the molecule is Nc1ccnc(N2CCCC(F)C2)c1. The first kappa shape index (κ1) is 9.24. The Morgan fingerprint density at radius 3 is 3.14 bits per heavy atom. The highest BCUT2D eigenvalue weighted by molar-refractivity contribution is 5.50. The van der Waals surface area contributed by atoms with E-state index in [4.69, 9.17) is 5.73 Å². The monoisotopic (exact) mass is 195 g/mol. The molecule has 0 aromatic carbocycles. The van der Waals surface area contributed by atoms with Crippen molar-refractivity contribution < 1.29 is 4.39 Å². The number of pyridine rings is 1. The highest BCUT2D eigenvalue weighted by Gasteiger charge is 2.19. The highest BCUT2D eigenvalue weighted by Crippen LogP contribution is 2.20. The number of alkyl halides is 1. The maximum absolute atomic E-state index is 13.1. The molecule has 0 spiro atoms. The van der Waals surface area contributed by atoms with E-state index < -0.39 is 6.17 Å². The van der Waals surface area contributed by atoms with Crippen LogP contribution in [0.5, 0.6) is 0 Å². The summed E-state index contributed by atoms with van der Waals surface area (Å²) < 4.78 is 13.1. The number of hydrogen-bond acceptors (Lipinski definition) is 3. The van der Waals surface area contributed by atoms with E-state index in [2.05, 4.69) is 4.98 Å². The van der Waals surface area contributed by atoms with Crippen molar-refractivity contribution in [2.24, 2.45) is 0 Å². The van der Waals surface area contributed by atoms with Crippen molar-refractivity contribution in [2.75, 3.05) is 23.7 Å². The van der Waals surface area contributed by atoms with Gasteiger partial charge in [-0.2, -0.15) is 0 Å². The molecule has 0 aliphatic carbocycles. The average molecular weight is 195 g/mol. The molecular formula is C10H14FN3. The third-order valence-electron chi connectivity index (χ3n) is 2.46. The topological polar surface area (TPSA) is 42.1 Å². The van der Waals surface area contributed by atoms with Crippen molar-refractivity contribution >= 4 is 11.5 Å². The van der Waals surface area contributed by atoms with Crippen LogP contribution >= 0.6 is 0 Å². The van der Waals surface area contributed by atoms with Crippen LogP contribution in [0.4, 0.5) is 15.9 Å². The molecule has 2 heterocycles. The molecule has 1 saturated heterocycles. The number of rotatable bonds is 1. The lowest BCUT2D eigenvalue weighted by Gasteiger charge is -2.29. The number of aromatic nitrogens is 1. The van der Waals surface area contributed by atoms with Crippen LogP contribution < -0.4 is 10.6 Å². The molecule has 0 saturated carbocycles. The Hall–Kier alpha value is -1.32. The van der Waals surface area contributed by atoms with Gasteiger partial charge in [-0.15, -0.1) is 0 Å². The van der Waals surface area contributed by atoms with Crippen LogP contribution in [0.25, 0.3) is 0 Å². The lowest BCUT2D eigenvalue weighted by atomic mass is 10.1. The Kier molecular flexibility index (Phi) is 2.52.